The maximum absolute atomic E-state index is 13.0. The average Bonchev–Trinajstić information content (AvgIpc) is 3.12. The molecule has 188 valence electrons. The first-order chi connectivity index (χ1) is 17.6. The molecule has 0 aliphatic carbocycles. The SMILES string of the molecule is COc1ccc(CCNC(=O)Cc2ccc(NC(=O)N3CCCCc4ccccc43)cc2)c(OC)c1. The van der Waals surface area contributed by atoms with E-state index in [1.165, 1.54) is 5.56 Å². The quantitative estimate of drug-likeness (QED) is 0.470. The summed E-state index contributed by atoms with van der Waals surface area (Å²) in [5.41, 5.74) is 4.78. The van der Waals surface area contributed by atoms with Gasteiger partial charge in [0.05, 0.1) is 20.6 Å². The third-order valence-electron chi connectivity index (χ3n) is 6.39. The van der Waals surface area contributed by atoms with Crippen LogP contribution in [0.2, 0.25) is 0 Å². The minimum Gasteiger partial charge on any atom is -0.497 e. The molecule has 0 unspecified atom stereocenters. The number of methoxy groups -OCH3 is 2. The van der Waals surface area contributed by atoms with Gasteiger partial charge in [-0.3, -0.25) is 9.69 Å². The Morgan fingerprint density at radius 3 is 2.53 bits per heavy atom. The molecule has 0 aromatic heterocycles. The number of aryl methyl sites for hydroxylation is 1. The Morgan fingerprint density at radius 2 is 1.75 bits per heavy atom. The monoisotopic (exact) mass is 487 g/mol. The highest BCUT2D eigenvalue weighted by molar-refractivity contribution is 6.02. The van der Waals surface area contributed by atoms with E-state index in [1.54, 1.807) is 14.2 Å². The van der Waals surface area contributed by atoms with Crippen molar-refractivity contribution >= 4 is 23.3 Å². The van der Waals surface area contributed by atoms with Crippen LogP contribution in [-0.2, 0) is 24.1 Å². The van der Waals surface area contributed by atoms with E-state index in [4.69, 9.17) is 9.47 Å². The molecule has 0 saturated carbocycles. The number of benzene rings is 3. The van der Waals surface area contributed by atoms with Crippen molar-refractivity contribution in [3.8, 4) is 11.5 Å². The first-order valence-electron chi connectivity index (χ1n) is 12.3. The molecule has 7 heteroatoms. The smallest absolute Gasteiger partial charge is 0.326 e. The molecule has 4 rings (SSSR count). The molecule has 3 aromatic rings. The summed E-state index contributed by atoms with van der Waals surface area (Å²) in [7, 11) is 3.24. The third-order valence-corrected chi connectivity index (χ3v) is 6.39. The number of anilines is 2. The Hall–Kier alpha value is -4.00. The van der Waals surface area contributed by atoms with Crippen LogP contribution in [0.4, 0.5) is 16.2 Å². The van der Waals surface area contributed by atoms with Gasteiger partial charge in [-0.25, -0.2) is 4.79 Å². The summed E-state index contributed by atoms with van der Waals surface area (Å²) in [5, 5.41) is 5.96. The Balaban J connectivity index is 1.28. The number of carbonyl (C=O) groups excluding carboxylic acids is 2. The topological polar surface area (TPSA) is 79.9 Å². The molecule has 7 nitrogen and oxygen atoms in total. The van der Waals surface area contributed by atoms with Crippen LogP contribution in [0.3, 0.4) is 0 Å². The number of nitrogens with one attached hydrogen (secondary N) is 2. The van der Waals surface area contributed by atoms with E-state index >= 15 is 0 Å². The fraction of sp³-hybridized carbons (Fsp3) is 0.310. The molecule has 3 aromatic carbocycles. The lowest BCUT2D eigenvalue weighted by atomic mass is 10.1. The van der Waals surface area contributed by atoms with Crippen LogP contribution in [0.1, 0.15) is 29.5 Å². The van der Waals surface area contributed by atoms with Crippen molar-refractivity contribution in [1.82, 2.24) is 5.32 Å². The van der Waals surface area contributed by atoms with Crippen molar-refractivity contribution in [3.05, 3.63) is 83.4 Å². The highest BCUT2D eigenvalue weighted by Crippen LogP contribution is 2.27. The number of amides is 3. The maximum atomic E-state index is 13.0. The van der Waals surface area contributed by atoms with Gasteiger partial charge in [0.2, 0.25) is 5.91 Å². The van der Waals surface area contributed by atoms with E-state index in [1.807, 2.05) is 65.6 Å². The van der Waals surface area contributed by atoms with Crippen LogP contribution >= 0.6 is 0 Å². The Bertz CT molecular complexity index is 1190. The first-order valence-corrected chi connectivity index (χ1v) is 12.3. The zero-order chi connectivity index (χ0) is 25.3. The molecular weight excluding hydrogens is 454 g/mol. The maximum Gasteiger partial charge on any atom is 0.326 e. The van der Waals surface area contributed by atoms with Gasteiger partial charge in [-0.1, -0.05) is 36.4 Å². The first kappa shape index (κ1) is 25.1. The summed E-state index contributed by atoms with van der Waals surface area (Å²) < 4.78 is 10.6. The number of para-hydroxylation sites is 1. The fourth-order valence-electron chi connectivity index (χ4n) is 4.44. The molecule has 0 radical (unpaired) electrons. The van der Waals surface area contributed by atoms with Gasteiger partial charge in [0.1, 0.15) is 11.5 Å². The van der Waals surface area contributed by atoms with E-state index in [-0.39, 0.29) is 18.4 Å². The Morgan fingerprint density at radius 1 is 0.944 bits per heavy atom. The average molecular weight is 488 g/mol. The summed E-state index contributed by atoms with van der Waals surface area (Å²) >= 11 is 0. The molecule has 0 fully saturated rings. The van der Waals surface area contributed by atoms with E-state index < -0.39 is 0 Å². The van der Waals surface area contributed by atoms with Gasteiger partial charge >= 0.3 is 6.03 Å². The normalized spacial score (nSPS) is 12.8. The third kappa shape index (κ3) is 6.36. The summed E-state index contributed by atoms with van der Waals surface area (Å²) in [6, 6.07) is 21.0. The summed E-state index contributed by atoms with van der Waals surface area (Å²) in [6.45, 7) is 1.20. The summed E-state index contributed by atoms with van der Waals surface area (Å²) in [5.74, 6) is 1.42. The largest absolute Gasteiger partial charge is 0.497 e. The second-order valence-electron chi connectivity index (χ2n) is 8.82. The van der Waals surface area contributed by atoms with Crippen LogP contribution < -0.4 is 25.0 Å². The summed E-state index contributed by atoms with van der Waals surface area (Å²) in [4.78, 5) is 27.3. The Labute approximate surface area is 212 Å². The minimum atomic E-state index is -0.135. The van der Waals surface area contributed by atoms with E-state index in [0.29, 0.717) is 25.2 Å². The molecule has 0 atom stereocenters. The van der Waals surface area contributed by atoms with Crippen molar-refractivity contribution in [2.24, 2.45) is 0 Å². The van der Waals surface area contributed by atoms with Gasteiger partial charge in [0, 0.05) is 30.5 Å². The second-order valence-corrected chi connectivity index (χ2v) is 8.82. The molecule has 1 aliphatic rings. The lowest BCUT2D eigenvalue weighted by Crippen LogP contribution is -2.35. The highest BCUT2D eigenvalue weighted by Gasteiger charge is 2.21. The number of hydrogen-bond acceptors (Lipinski definition) is 4. The predicted molar refractivity (Wildman–Crippen MR) is 142 cm³/mol. The lowest BCUT2D eigenvalue weighted by molar-refractivity contribution is -0.120. The van der Waals surface area contributed by atoms with Crippen molar-refractivity contribution in [2.45, 2.75) is 32.1 Å². The molecule has 36 heavy (non-hydrogen) atoms. The predicted octanol–water partition coefficient (Wildman–Crippen LogP) is 4.98. The van der Waals surface area contributed by atoms with Gasteiger partial charge in [0.15, 0.2) is 0 Å². The molecule has 3 amide bonds. The number of ether oxygens (including phenoxy) is 2. The van der Waals surface area contributed by atoms with Gasteiger partial charge in [-0.05, 0) is 66.6 Å². The summed E-state index contributed by atoms with van der Waals surface area (Å²) in [6.07, 6.45) is 3.97. The number of rotatable bonds is 8. The zero-order valence-corrected chi connectivity index (χ0v) is 20.9. The number of hydrogen-bond donors (Lipinski definition) is 2. The van der Waals surface area contributed by atoms with Crippen LogP contribution in [0.15, 0.2) is 66.7 Å². The van der Waals surface area contributed by atoms with Crippen LogP contribution in [-0.4, -0.2) is 39.2 Å². The molecule has 2 N–H and O–H groups in total. The molecule has 1 heterocycles. The molecule has 1 aliphatic heterocycles. The second kappa shape index (κ2) is 12.1. The van der Waals surface area contributed by atoms with Gasteiger partial charge in [-0.2, -0.15) is 0 Å². The van der Waals surface area contributed by atoms with E-state index in [9.17, 15) is 9.59 Å². The van der Waals surface area contributed by atoms with Crippen molar-refractivity contribution < 1.29 is 19.1 Å². The van der Waals surface area contributed by atoms with Gasteiger partial charge in [-0.15, -0.1) is 0 Å². The highest BCUT2D eigenvalue weighted by atomic mass is 16.5. The number of carbonyl (C=O) groups is 2. The van der Waals surface area contributed by atoms with Crippen LogP contribution in [0.5, 0.6) is 11.5 Å². The van der Waals surface area contributed by atoms with E-state index in [0.717, 1.165) is 47.6 Å². The fourth-order valence-corrected chi connectivity index (χ4v) is 4.44. The Kier molecular flexibility index (Phi) is 8.44. The van der Waals surface area contributed by atoms with Crippen molar-refractivity contribution in [1.29, 1.82) is 0 Å². The zero-order valence-electron chi connectivity index (χ0n) is 20.9. The van der Waals surface area contributed by atoms with Crippen molar-refractivity contribution in [3.63, 3.8) is 0 Å². The van der Waals surface area contributed by atoms with Crippen molar-refractivity contribution in [2.75, 3.05) is 37.5 Å². The van der Waals surface area contributed by atoms with Gasteiger partial charge in [0.25, 0.3) is 0 Å². The molecular formula is C29H33N3O4. The van der Waals surface area contributed by atoms with Crippen LogP contribution in [0.25, 0.3) is 0 Å². The van der Waals surface area contributed by atoms with E-state index in [2.05, 4.69) is 16.7 Å². The number of fused-ring (bicyclic) bond motifs is 1. The van der Waals surface area contributed by atoms with Gasteiger partial charge < -0.3 is 20.1 Å². The molecule has 0 bridgehead atoms. The van der Waals surface area contributed by atoms with Crippen LogP contribution in [0, 0.1) is 0 Å². The number of nitrogens with zero attached hydrogens (tertiary/aromatic N) is 1. The molecule has 0 saturated heterocycles. The molecule has 0 spiro atoms. The lowest BCUT2D eigenvalue weighted by Gasteiger charge is -2.23. The standard InChI is InChI=1S/C29H33N3O4/c1-35-25-15-12-23(27(20-25)36-2)16-17-30-28(33)19-21-10-13-24(14-11-21)31-29(34)32-18-6-5-8-22-7-3-4-9-26(22)32/h3-4,7,9-15,20H,5-6,8,16-19H2,1-2H3,(H,30,33)(H,31,34). The minimum absolute atomic E-state index is 0.0552. The number of urea groups is 1.